The van der Waals surface area contributed by atoms with E-state index < -0.39 is 0 Å². The SMILES string of the molecule is Cc1nc(N2CCCCCCC2)ncc1C(C)NC(=O)c1ocnc1C. The van der Waals surface area contributed by atoms with Crippen molar-refractivity contribution in [2.45, 2.75) is 58.9 Å². The molecule has 2 aromatic heterocycles. The van der Waals surface area contributed by atoms with E-state index in [1.54, 1.807) is 6.92 Å². The van der Waals surface area contributed by atoms with Gasteiger partial charge in [-0.25, -0.2) is 15.0 Å². The average molecular weight is 357 g/mol. The smallest absolute Gasteiger partial charge is 0.289 e. The molecule has 7 nitrogen and oxygen atoms in total. The van der Waals surface area contributed by atoms with Gasteiger partial charge in [0.2, 0.25) is 11.7 Å². The molecule has 0 spiro atoms. The van der Waals surface area contributed by atoms with Gasteiger partial charge in [0.1, 0.15) is 0 Å². The van der Waals surface area contributed by atoms with Crippen LogP contribution in [0.1, 0.15) is 72.6 Å². The Hall–Kier alpha value is -2.44. The van der Waals surface area contributed by atoms with Gasteiger partial charge in [-0.1, -0.05) is 19.3 Å². The van der Waals surface area contributed by atoms with Crippen molar-refractivity contribution in [1.29, 1.82) is 0 Å². The van der Waals surface area contributed by atoms with E-state index in [2.05, 4.69) is 20.2 Å². The number of oxazole rings is 1. The summed E-state index contributed by atoms with van der Waals surface area (Å²) in [4.78, 5) is 27.8. The van der Waals surface area contributed by atoms with Crippen molar-refractivity contribution in [3.8, 4) is 0 Å². The minimum absolute atomic E-state index is 0.214. The summed E-state index contributed by atoms with van der Waals surface area (Å²) < 4.78 is 5.15. The molecule has 2 aromatic rings. The summed E-state index contributed by atoms with van der Waals surface area (Å²) in [6.07, 6.45) is 9.36. The lowest BCUT2D eigenvalue weighted by molar-refractivity contribution is 0.0911. The van der Waals surface area contributed by atoms with Crippen LogP contribution in [0, 0.1) is 13.8 Å². The average Bonchev–Trinajstić information content (AvgIpc) is 3.00. The second-order valence-corrected chi connectivity index (χ2v) is 6.93. The Kier molecular flexibility index (Phi) is 5.85. The van der Waals surface area contributed by atoms with Gasteiger partial charge in [0.25, 0.3) is 5.91 Å². The summed E-state index contributed by atoms with van der Waals surface area (Å²) in [7, 11) is 0. The van der Waals surface area contributed by atoms with Gasteiger partial charge in [0.05, 0.1) is 11.7 Å². The molecule has 1 fully saturated rings. The predicted octanol–water partition coefficient (Wildman–Crippen LogP) is 3.34. The molecule has 0 saturated carbocycles. The van der Waals surface area contributed by atoms with E-state index in [9.17, 15) is 4.79 Å². The summed E-state index contributed by atoms with van der Waals surface area (Å²) in [6.45, 7) is 7.65. The van der Waals surface area contributed by atoms with Gasteiger partial charge in [-0.05, 0) is 33.6 Å². The monoisotopic (exact) mass is 357 g/mol. The topological polar surface area (TPSA) is 84.2 Å². The van der Waals surface area contributed by atoms with Crippen molar-refractivity contribution in [2.75, 3.05) is 18.0 Å². The highest BCUT2D eigenvalue weighted by Gasteiger charge is 2.20. The van der Waals surface area contributed by atoms with E-state index in [0.717, 1.165) is 30.3 Å². The fraction of sp³-hybridized carbons (Fsp3) is 0.579. The first kappa shape index (κ1) is 18.4. The molecule has 3 heterocycles. The molecule has 0 aromatic carbocycles. The minimum atomic E-state index is -0.278. The van der Waals surface area contributed by atoms with E-state index in [-0.39, 0.29) is 17.7 Å². The molecule has 7 heteroatoms. The van der Waals surface area contributed by atoms with Gasteiger partial charge in [-0.3, -0.25) is 4.79 Å². The fourth-order valence-electron chi connectivity index (χ4n) is 3.35. The third-order valence-corrected chi connectivity index (χ3v) is 4.91. The molecule has 0 radical (unpaired) electrons. The van der Waals surface area contributed by atoms with Crippen LogP contribution in [0.4, 0.5) is 5.95 Å². The van der Waals surface area contributed by atoms with Crippen LogP contribution in [0.5, 0.6) is 0 Å². The molecular weight excluding hydrogens is 330 g/mol. The molecule has 0 aliphatic carbocycles. The second kappa shape index (κ2) is 8.29. The van der Waals surface area contributed by atoms with Crippen LogP contribution in [-0.2, 0) is 0 Å². The largest absolute Gasteiger partial charge is 0.438 e. The maximum absolute atomic E-state index is 12.3. The quantitative estimate of drug-likeness (QED) is 0.903. The zero-order valence-corrected chi connectivity index (χ0v) is 15.8. The number of hydrogen-bond acceptors (Lipinski definition) is 6. The first-order chi connectivity index (χ1) is 12.6. The lowest BCUT2D eigenvalue weighted by atomic mass is 10.1. The van der Waals surface area contributed by atoms with Crippen molar-refractivity contribution in [1.82, 2.24) is 20.3 Å². The number of amides is 1. The number of rotatable bonds is 4. The predicted molar refractivity (Wildman–Crippen MR) is 99.2 cm³/mol. The lowest BCUT2D eigenvalue weighted by Crippen LogP contribution is -2.30. The number of hydrogen-bond donors (Lipinski definition) is 1. The zero-order chi connectivity index (χ0) is 18.5. The first-order valence-corrected chi connectivity index (χ1v) is 9.35. The third kappa shape index (κ3) is 4.20. The van der Waals surface area contributed by atoms with E-state index >= 15 is 0 Å². The van der Waals surface area contributed by atoms with Crippen LogP contribution in [0.2, 0.25) is 0 Å². The van der Waals surface area contributed by atoms with Crippen LogP contribution in [0.3, 0.4) is 0 Å². The van der Waals surface area contributed by atoms with Crippen molar-refractivity contribution in [3.63, 3.8) is 0 Å². The van der Waals surface area contributed by atoms with Gasteiger partial charge in [-0.15, -0.1) is 0 Å². The van der Waals surface area contributed by atoms with Crippen molar-refractivity contribution in [3.05, 3.63) is 35.3 Å². The summed E-state index contributed by atoms with van der Waals surface area (Å²) in [5.41, 5.74) is 2.38. The molecule has 26 heavy (non-hydrogen) atoms. The highest BCUT2D eigenvalue weighted by atomic mass is 16.3. The molecule has 1 N–H and O–H groups in total. The van der Waals surface area contributed by atoms with Crippen molar-refractivity contribution >= 4 is 11.9 Å². The van der Waals surface area contributed by atoms with Crippen LogP contribution < -0.4 is 10.2 Å². The van der Waals surface area contributed by atoms with Gasteiger partial charge in [-0.2, -0.15) is 0 Å². The number of aryl methyl sites for hydroxylation is 2. The Labute approximate surface area is 154 Å². The van der Waals surface area contributed by atoms with Gasteiger partial charge < -0.3 is 14.6 Å². The number of anilines is 1. The van der Waals surface area contributed by atoms with Gasteiger partial charge in [0.15, 0.2) is 6.39 Å². The summed E-state index contributed by atoms with van der Waals surface area (Å²) in [6, 6.07) is -0.214. The summed E-state index contributed by atoms with van der Waals surface area (Å²) >= 11 is 0. The molecule has 3 rings (SSSR count). The van der Waals surface area contributed by atoms with Crippen LogP contribution >= 0.6 is 0 Å². The van der Waals surface area contributed by atoms with E-state index in [4.69, 9.17) is 9.40 Å². The normalized spacial score (nSPS) is 16.7. The molecule has 1 atom stereocenters. The highest BCUT2D eigenvalue weighted by molar-refractivity contribution is 5.92. The van der Waals surface area contributed by atoms with Gasteiger partial charge >= 0.3 is 0 Å². The van der Waals surface area contributed by atoms with Crippen LogP contribution in [0.25, 0.3) is 0 Å². The summed E-state index contributed by atoms with van der Waals surface area (Å²) in [5, 5.41) is 2.93. The van der Waals surface area contributed by atoms with Crippen molar-refractivity contribution in [2.24, 2.45) is 0 Å². The standard InChI is InChI=1S/C19H27N5O2/c1-13(22-18(25)17-15(3)21-12-26-17)16-11-20-19(23-14(16)2)24-9-7-5-4-6-8-10-24/h11-13H,4-10H2,1-3H3,(H,22,25). The maximum Gasteiger partial charge on any atom is 0.289 e. The Bertz CT molecular complexity index is 750. The third-order valence-electron chi connectivity index (χ3n) is 4.91. The van der Waals surface area contributed by atoms with Gasteiger partial charge in [0, 0.05) is 30.5 Å². The number of nitrogens with one attached hydrogen (secondary N) is 1. The molecular formula is C19H27N5O2. The Morgan fingerprint density at radius 2 is 1.81 bits per heavy atom. The van der Waals surface area contributed by atoms with E-state index in [0.29, 0.717) is 5.69 Å². The van der Waals surface area contributed by atoms with Crippen molar-refractivity contribution < 1.29 is 9.21 Å². The van der Waals surface area contributed by atoms with E-state index in [1.165, 1.54) is 38.5 Å². The molecule has 1 aliphatic heterocycles. The maximum atomic E-state index is 12.3. The van der Waals surface area contributed by atoms with E-state index in [1.807, 2.05) is 20.0 Å². The zero-order valence-electron chi connectivity index (χ0n) is 15.8. The molecule has 0 bridgehead atoms. The number of aromatic nitrogens is 3. The Balaban J connectivity index is 1.70. The number of carbonyl (C=O) groups is 1. The number of carbonyl (C=O) groups excluding carboxylic acids is 1. The minimum Gasteiger partial charge on any atom is -0.438 e. The molecule has 1 saturated heterocycles. The van der Waals surface area contributed by atoms with Crippen LogP contribution in [-0.4, -0.2) is 33.9 Å². The highest BCUT2D eigenvalue weighted by Crippen LogP contribution is 2.20. The molecule has 1 unspecified atom stereocenters. The Morgan fingerprint density at radius 3 is 2.42 bits per heavy atom. The lowest BCUT2D eigenvalue weighted by Gasteiger charge is -2.25. The molecule has 1 amide bonds. The summed E-state index contributed by atoms with van der Waals surface area (Å²) in [5.74, 6) is 0.755. The Morgan fingerprint density at radius 1 is 1.12 bits per heavy atom. The van der Waals surface area contributed by atoms with Crippen LogP contribution in [0.15, 0.2) is 17.0 Å². The second-order valence-electron chi connectivity index (χ2n) is 6.93. The molecule has 140 valence electrons. The fourth-order valence-corrected chi connectivity index (χ4v) is 3.35. The molecule has 1 aliphatic rings. The number of nitrogens with zero attached hydrogens (tertiary/aromatic N) is 4. The first-order valence-electron chi connectivity index (χ1n) is 9.35.